The van der Waals surface area contributed by atoms with Gasteiger partial charge in [0.2, 0.25) is 5.88 Å². The second kappa shape index (κ2) is 7.47. The summed E-state index contributed by atoms with van der Waals surface area (Å²) in [6.45, 7) is 2.78. The van der Waals surface area contributed by atoms with E-state index in [2.05, 4.69) is 38.1 Å². The first-order valence-corrected chi connectivity index (χ1v) is 7.50. The van der Waals surface area contributed by atoms with Crippen LogP contribution in [0, 0.1) is 5.82 Å². The number of ether oxygens (including phenoxy) is 1. The molecule has 0 aliphatic carbocycles. The molecule has 0 saturated heterocycles. The standard InChI is InChI=1S/C15H17BrFN3O/c1-3-7-18-13(10-5-4-6-11(16)12(10)17)14-15(21-2)20-9-8-19-14/h4-6,8-9,13,18H,3,7H2,1-2H3. The molecule has 1 unspecified atom stereocenters. The highest BCUT2D eigenvalue weighted by molar-refractivity contribution is 9.10. The van der Waals surface area contributed by atoms with Gasteiger partial charge in [0.1, 0.15) is 11.5 Å². The van der Waals surface area contributed by atoms with E-state index in [1.165, 1.54) is 7.11 Å². The molecule has 2 rings (SSSR count). The van der Waals surface area contributed by atoms with Crippen LogP contribution >= 0.6 is 15.9 Å². The summed E-state index contributed by atoms with van der Waals surface area (Å²) in [5.74, 6) is 0.0873. The predicted octanol–water partition coefficient (Wildman–Crippen LogP) is 3.48. The fourth-order valence-electron chi connectivity index (χ4n) is 2.08. The van der Waals surface area contributed by atoms with Crippen molar-refractivity contribution in [2.24, 2.45) is 0 Å². The summed E-state index contributed by atoms with van der Waals surface area (Å²) >= 11 is 3.22. The molecule has 21 heavy (non-hydrogen) atoms. The predicted molar refractivity (Wildman–Crippen MR) is 82.8 cm³/mol. The number of hydrogen-bond acceptors (Lipinski definition) is 4. The fourth-order valence-corrected chi connectivity index (χ4v) is 2.46. The third-order valence-electron chi connectivity index (χ3n) is 3.05. The van der Waals surface area contributed by atoms with Crippen LogP contribution in [0.3, 0.4) is 0 Å². The van der Waals surface area contributed by atoms with E-state index >= 15 is 0 Å². The third kappa shape index (κ3) is 3.57. The van der Waals surface area contributed by atoms with E-state index in [0.29, 0.717) is 21.6 Å². The monoisotopic (exact) mass is 353 g/mol. The van der Waals surface area contributed by atoms with Crippen LogP contribution in [0.25, 0.3) is 0 Å². The first-order valence-electron chi connectivity index (χ1n) is 6.71. The lowest BCUT2D eigenvalue weighted by Crippen LogP contribution is -2.26. The Labute approximate surface area is 131 Å². The van der Waals surface area contributed by atoms with E-state index in [4.69, 9.17) is 4.74 Å². The van der Waals surface area contributed by atoms with Gasteiger partial charge in [-0.05, 0) is 35.0 Å². The molecule has 4 nitrogen and oxygen atoms in total. The molecular formula is C15H17BrFN3O. The first kappa shape index (κ1) is 15.9. The molecule has 0 spiro atoms. The number of rotatable bonds is 6. The molecule has 0 radical (unpaired) electrons. The van der Waals surface area contributed by atoms with Gasteiger partial charge in [-0.25, -0.2) is 9.37 Å². The van der Waals surface area contributed by atoms with Crippen molar-refractivity contribution in [2.45, 2.75) is 19.4 Å². The van der Waals surface area contributed by atoms with Gasteiger partial charge in [0, 0.05) is 18.0 Å². The van der Waals surface area contributed by atoms with Crippen molar-refractivity contribution in [1.29, 1.82) is 0 Å². The van der Waals surface area contributed by atoms with Crippen LogP contribution in [0.15, 0.2) is 35.1 Å². The van der Waals surface area contributed by atoms with Crippen molar-refractivity contribution in [2.75, 3.05) is 13.7 Å². The summed E-state index contributed by atoms with van der Waals surface area (Å²) in [6, 6.07) is 4.79. The molecule has 1 N–H and O–H groups in total. The molecule has 0 saturated carbocycles. The summed E-state index contributed by atoms with van der Waals surface area (Å²) < 4.78 is 20.1. The van der Waals surface area contributed by atoms with Crippen molar-refractivity contribution >= 4 is 15.9 Å². The van der Waals surface area contributed by atoms with Gasteiger partial charge in [0.25, 0.3) is 0 Å². The lowest BCUT2D eigenvalue weighted by Gasteiger charge is -2.20. The molecule has 0 bridgehead atoms. The molecule has 6 heteroatoms. The molecule has 1 aromatic carbocycles. The van der Waals surface area contributed by atoms with Crippen molar-refractivity contribution < 1.29 is 9.13 Å². The Morgan fingerprint density at radius 3 is 2.81 bits per heavy atom. The Hall–Kier alpha value is -1.53. The normalized spacial score (nSPS) is 12.2. The van der Waals surface area contributed by atoms with Crippen LogP contribution < -0.4 is 10.1 Å². The molecule has 2 aromatic rings. The Morgan fingerprint density at radius 2 is 2.10 bits per heavy atom. The molecule has 0 aliphatic rings. The lowest BCUT2D eigenvalue weighted by atomic mass is 10.0. The van der Waals surface area contributed by atoms with Gasteiger partial charge in [-0.2, -0.15) is 0 Å². The van der Waals surface area contributed by atoms with Crippen molar-refractivity contribution in [1.82, 2.24) is 15.3 Å². The molecule has 1 atom stereocenters. The Bertz CT molecular complexity index is 609. The van der Waals surface area contributed by atoms with E-state index < -0.39 is 6.04 Å². The lowest BCUT2D eigenvalue weighted by molar-refractivity contribution is 0.381. The fraction of sp³-hybridized carbons (Fsp3) is 0.333. The van der Waals surface area contributed by atoms with Gasteiger partial charge in [-0.1, -0.05) is 19.1 Å². The summed E-state index contributed by atoms with van der Waals surface area (Å²) in [7, 11) is 1.53. The van der Waals surface area contributed by atoms with Gasteiger partial charge in [0.05, 0.1) is 17.6 Å². The van der Waals surface area contributed by atoms with Gasteiger partial charge < -0.3 is 10.1 Å². The Balaban J connectivity index is 2.50. The largest absolute Gasteiger partial charge is 0.480 e. The summed E-state index contributed by atoms with van der Waals surface area (Å²) in [4.78, 5) is 8.46. The minimum Gasteiger partial charge on any atom is -0.480 e. The highest BCUT2D eigenvalue weighted by atomic mass is 79.9. The van der Waals surface area contributed by atoms with Gasteiger partial charge in [-0.3, -0.25) is 4.98 Å². The average molecular weight is 354 g/mol. The molecule has 1 heterocycles. The zero-order valence-electron chi connectivity index (χ0n) is 11.9. The molecule has 112 valence electrons. The van der Waals surface area contributed by atoms with Crippen LogP contribution in [-0.2, 0) is 0 Å². The highest BCUT2D eigenvalue weighted by Gasteiger charge is 2.23. The SMILES string of the molecule is CCCNC(c1cccc(Br)c1F)c1nccnc1OC. The minimum absolute atomic E-state index is 0.307. The van der Waals surface area contributed by atoms with Gasteiger partial charge >= 0.3 is 0 Å². The van der Waals surface area contributed by atoms with Crippen molar-refractivity contribution in [3.63, 3.8) is 0 Å². The van der Waals surface area contributed by atoms with E-state index in [9.17, 15) is 4.39 Å². The molecule has 0 aliphatic heterocycles. The van der Waals surface area contributed by atoms with Crippen LogP contribution in [-0.4, -0.2) is 23.6 Å². The number of aromatic nitrogens is 2. The van der Waals surface area contributed by atoms with Crippen LogP contribution in [0.5, 0.6) is 5.88 Å². The van der Waals surface area contributed by atoms with Crippen LogP contribution in [0.1, 0.15) is 30.6 Å². The maximum absolute atomic E-state index is 14.4. The molecule has 0 fully saturated rings. The zero-order valence-corrected chi connectivity index (χ0v) is 13.5. The maximum Gasteiger partial charge on any atom is 0.237 e. The number of hydrogen-bond donors (Lipinski definition) is 1. The van der Waals surface area contributed by atoms with Gasteiger partial charge in [0.15, 0.2) is 0 Å². The first-order chi connectivity index (χ1) is 10.2. The highest BCUT2D eigenvalue weighted by Crippen LogP contribution is 2.30. The molecule has 0 amide bonds. The molecular weight excluding hydrogens is 337 g/mol. The second-order valence-corrected chi connectivity index (χ2v) is 5.34. The second-order valence-electron chi connectivity index (χ2n) is 4.48. The van der Waals surface area contributed by atoms with Crippen LogP contribution in [0.2, 0.25) is 0 Å². The van der Waals surface area contributed by atoms with E-state index in [1.54, 1.807) is 30.6 Å². The van der Waals surface area contributed by atoms with E-state index in [-0.39, 0.29) is 5.82 Å². The zero-order chi connectivity index (χ0) is 15.2. The van der Waals surface area contributed by atoms with Gasteiger partial charge in [-0.15, -0.1) is 0 Å². The topological polar surface area (TPSA) is 47.0 Å². The minimum atomic E-state index is -0.411. The van der Waals surface area contributed by atoms with E-state index in [1.807, 2.05) is 0 Å². The molecule has 1 aromatic heterocycles. The average Bonchev–Trinajstić information content (AvgIpc) is 2.52. The Morgan fingerprint density at radius 1 is 1.33 bits per heavy atom. The van der Waals surface area contributed by atoms with Crippen molar-refractivity contribution in [3.05, 3.63) is 52.1 Å². The van der Waals surface area contributed by atoms with E-state index in [0.717, 1.165) is 13.0 Å². The summed E-state index contributed by atoms with van der Waals surface area (Å²) in [5, 5.41) is 3.30. The number of benzene rings is 1. The number of halogens is 2. The summed E-state index contributed by atoms with van der Waals surface area (Å²) in [6.07, 6.45) is 4.06. The number of nitrogens with zero attached hydrogens (tertiary/aromatic N) is 2. The number of methoxy groups -OCH3 is 1. The smallest absolute Gasteiger partial charge is 0.237 e. The van der Waals surface area contributed by atoms with Crippen LogP contribution in [0.4, 0.5) is 4.39 Å². The third-order valence-corrected chi connectivity index (χ3v) is 3.66. The summed E-state index contributed by atoms with van der Waals surface area (Å²) in [5.41, 5.74) is 1.09. The van der Waals surface area contributed by atoms with Crippen molar-refractivity contribution in [3.8, 4) is 5.88 Å². The Kier molecular flexibility index (Phi) is 5.64. The number of nitrogens with one attached hydrogen (secondary N) is 1. The quantitative estimate of drug-likeness (QED) is 0.863. The maximum atomic E-state index is 14.4.